The topological polar surface area (TPSA) is 69.5 Å². The summed E-state index contributed by atoms with van der Waals surface area (Å²) in [7, 11) is 2.99. The molecule has 2 atom stereocenters. The fourth-order valence-corrected chi connectivity index (χ4v) is 2.22. The molecule has 0 saturated heterocycles. The molecule has 0 N–H and O–H groups in total. The van der Waals surface area contributed by atoms with Crippen molar-refractivity contribution in [3.8, 4) is 0 Å². The molecule has 21 heavy (non-hydrogen) atoms. The predicted molar refractivity (Wildman–Crippen MR) is 81.7 cm³/mol. The number of ether oxygens (including phenoxy) is 3. The molecule has 6 nitrogen and oxygen atoms in total. The first-order chi connectivity index (χ1) is 9.96. The van der Waals surface area contributed by atoms with Gasteiger partial charge >= 0.3 is 5.97 Å². The van der Waals surface area contributed by atoms with Crippen molar-refractivity contribution < 1.29 is 19.0 Å². The van der Waals surface area contributed by atoms with Crippen molar-refractivity contribution in [2.24, 2.45) is 15.9 Å². The summed E-state index contributed by atoms with van der Waals surface area (Å²) in [6, 6.07) is -0.280. The Morgan fingerprint density at radius 1 is 1.43 bits per heavy atom. The summed E-state index contributed by atoms with van der Waals surface area (Å²) in [5.74, 6) is 0.293. The Labute approximate surface area is 125 Å². The summed E-state index contributed by atoms with van der Waals surface area (Å²) >= 11 is 0. The van der Waals surface area contributed by atoms with Crippen LogP contribution in [-0.2, 0) is 19.0 Å². The highest BCUT2D eigenvalue weighted by Gasteiger charge is 2.50. The molecule has 1 rings (SSSR count). The standard InChI is InChI=1S/C15H24N2O4/c1-7-9-15(14(18)21-8-2)13(20-6)16-11(10(3)4)12(17-15)19-5/h7,10-11H,1,8-9H2,2-6H3/t11-,15-/m1/s1. The molecule has 0 radical (unpaired) electrons. The highest BCUT2D eigenvalue weighted by Crippen LogP contribution is 2.29. The number of carbonyl (C=O) groups is 1. The third-order valence-corrected chi connectivity index (χ3v) is 3.25. The Hall–Kier alpha value is -1.85. The van der Waals surface area contributed by atoms with E-state index in [4.69, 9.17) is 14.2 Å². The number of hydrogen-bond acceptors (Lipinski definition) is 6. The van der Waals surface area contributed by atoms with Crippen molar-refractivity contribution in [1.29, 1.82) is 0 Å². The maximum absolute atomic E-state index is 12.4. The second-order valence-electron chi connectivity index (χ2n) is 5.05. The molecule has 0 unspecified atom stereocenters. The number of carbonyl (C=O) groups excluding carboxylic acids is 1. The van der Waals surface area contributed by atoms with Crippen LogP contribution in [0.2, 0.25) is 0 Å². The van der Waals surface area contributed by atoms with E-state index in [2.05, 4.69) is 16.6 Å². The molecular formula is C15H24N2O4. The minimum atomic E-state index is -1.34. The van der Waals surface area contributed by atoms with Crippen molar-refractivity contribution in [3.63, 3.8) is 0 Å². The van der Waals surface area contributed by atoms with Crippen LogP contribution in [0.15, 0.2) is 22.6 Å². The molecule has 0 saturated carbocycles. The number of rotatable bonds is 5. The van der Waals surface area contributed by atoms with Gasteiger partial charge < -0.3 is 14.2 Å². The predicted octanol–water partition coefficient (Wildman–Crippen LogP) is 1.99. The van der Waals surface area contributed by atoms with Crippen LogP contribution in [0.3, 0.4) is 0 Å². The lowest BCUT2D eigenvalue weighted by Crippen LogP contribution is -2.52. The lowest BCUT2D eigenvalue weighted by atomic mass is 9.92. The smallest absolute Gasteiger partial charge is 0.344 e. The number of methoxy groups -OCH3 is 2. The lowest BCUT2D eigenvalue weighted by molar-refractivity contribution is -0.147. The maximum Gasteiger partial charge on any atom is 0.344 e. The lowest BCUT2D eigenvalue weighted by Gasteiger charge is -2.33. The molecule has 0 aromatic heterocycles. The molecule has 1 heterocycles. The van der Waals surface area contributed by atoms with Gasteiger partial charge in [0.1, 0.15) is 6.04 Å². The molecule has 0 aromatic rings. The van der Waals surface area contributed by atoms with Gasteiger partial charge in [0.25, 0.3) is 0 Å². The summed E-state index contributed by atoms with van der Waals surface area (Å²) in [5.41, 5.74) is -1.34. The third-order valence-electron chi connectivity index (χ3n) is 3.25. The van der Waals surface area contributed by atoms with Crippen LogP contribution in [0, 0.1) is 5.92 Å². The Morgan fingerprint density at radius 2 is 2.10 bits per heavy atom. The van der Waals surface area contributed by atoms with E-state index in [1.807, 2.05) is 13.8 Å². The second kappa shape index (κ2) is 7.24. The number of nitrogens with zero attached hydrogens (tertiary/aromatic N) is 2. The maximum atomic E-state index is 12.4. The fraction of sp³-hybridized carbons (Fsp3) is 0.667. The van der Waals surface area contributed by atoms with Gasteiger partial charge in [-0.1, -0.05) is 19.9 Å². The van der Waals surface area contributed by atoms with Crippen molar-refractivity contribution in [1.82, 2.24) is 0 Å². The zero-order valence-electron chi connectivity index (χ0n) is 13.4. The SMILES string of the molecule is C=CC[C@@]1(C(=O)OCC)N=C(OC)[C@@H](C(C)C)N=C1OC. The average molecular weight is 296 g/mol. The molecule has 118 valence electrons. The highest BCUT2D eigenvalue weighted by atomic mass is 16.5. The minimum absolute atomic E-state index is 0.165. The van der Waals surface area contributed by atoms with E-state index < -0.39 is 11.5 Å². The van der Waals surface area contributed by atoms with Gasteiger partial charge in [-0.15, -0.1) is 6.58 Å². The molecule has 1 aliphatic rings. The summed E-state index contributed by atoms with van der Waals surface area (Å²) in [6.07, 6.45) is 1.83. The van der Waals surface area contributed by atoms with Gasteiger partial charge in [0, 0.05) is 6.42 Å². The molecule has 0 fully saturated rings. The first-order valence-electron chi connectivity index (χ1n) is 7.00. The van der Waals surface area contributed by atoms with Crippen LogP contribution in [0.1, 0.15) is 27.2 Å². The Bertz CT molecular complexity index is 457. The van der Waals surface area contributed by atoms with Gasteiger partial charge in [-0.3, -0.25) is 0 Å². The Balaban J connectivity index is 3.39. The first kappa shape index (κ1) is 17.2. The summed E-state index contributed by atoms with van der Waals surface area (Å²) < 4.78 is 15.8. The van der Waals surface area contributed by atoms with Gasteiger partial charge in [0.15, 0.2) is 0 Å². The van der Waals surface area contributed by atoms with Gasteiger partial charge in [-0.2, -0.15) is 0 Å². The zero-order chi connectivity index (χ0) is 16.0. The number of hydrogen-bond donors (Lipinski definition) is 0. The monoisotopic (exact) mass is 296 g/mol. The van der Waals surface area contributed by atoms with E-state index >= 15 is 0 Å². The normalized spacial score (nSPS) is 25.0. The molecular weight excluding hydrogens is 272 g/mol. The molecule has 0 aromatic carbocycles. The van der Waals surface area contributed by atoms with Crippen LogP contribution in [0.25, 0.3) is 0 Å². The van der Waals surface area contributed by atoms with Crippen molar-refractivity contribution >= 4 is 17.8 Å². The van der Waals surface area contributed by atoms with Crippen LogP contribution >= 0.6 is 0 Å². The molecule has 0 bridgehead atoms. The largest absolute Gasteiger partial charge is 0.483 e. The van der Waals surface area contributed by atoms with Crippen LogP contribution < -0.4 is 0 Å². The zero-order valence-corrected chi connectivity index (χ0v) is 13.4. The van der Waals surface area contributed by atoms with E-state index in [-0.39, 0.29) is 30.9 Å². The summed E-state index contributed by atoms with van der Waals surface area (Å²) in [6.45, 7) is 9.68. The van der Waals surface area contributed by atoms with Gasteiger partial charge in [0.2, 0.25) is 17.3 Å². The average Bonchev–Trinajstić information content (AvgIpc) is 2.46. The molecule has 1 aliphatic heterocycles. The number of aliphatic imine (C=N–C) groups is 2. The van der Waals surface area contributed by atoms with Crippen LogP contribution in [-0.4, -0.2) is 50.2 Å². The summed E-state index contributed by atoms with van der Waals surface area (Å²) in [5, 5.41) is 0. The first-order valence-corrected chi connectivity index (χ1v) is 7.00. The minimum Gasteiger partial charge on any atom is -0.483 e. The van der Waals surface area contributed by atoms with Crippen LogP contribution in [0.4, 0.5) is 0 Å². The van der Waals surface area contributed by atoms with E-state index in [0.29, 0.717) is 5.90 Å². The van der Waals surface area contributed by atoms with E-state index in [0.717, 1.165) is 0 Å². The summed E-state index contributed by atoms with van der Waals surface area (Å²) in [4.78, 5) is 21.4. The van der Waals surface area contributed by atoms with E-state index in [1.54, 1.807) is 13.0 Å². The van der Waals surface area contributed by atoms with Crippen molar-refractivity contribution in [2.45, 2.75) is 38.8 Å². The Kier molecular flexibility index (Phi) is 5.93. The van der Waals surface area contributed by atoms with Gasteiger partial charge in [-0.25, -0.2) is 14.8 Å². The molecule has 0 spiro atoms. The molecule has 6 heteroatoms. The highest BCUT2D eigenvalue weighted by molar-refractivity contribution is 6.12. The van der Waals surface area contributed by atoms with Crippen molar-refractivity contribution in [3.05, 3.63) is 12.7 Å². The van der Waals surface area contributed by atoms with Crippen LogP contribution in [0.5, 0.6) is 0 Å². The third kappa shape index (κ3) is 3.25. The van der Waals surface area contributed by atoms with E-state index in [1.165, 1.54) is 14.2 Å². The van der Waals surface area contributed by atoms with Gasteiger partial charge in [-0.05, 0) is 12.8 Å². The Morgan fingerprint density at radius 3 is 2.52 bits per heavy atom. The molecule has 0 amide bonds. The fourth-order valence-electron chi connectivity index (χ4n) is 2.22. The molecule has 0 aliphatic carbocycles. The van der Waals surface area contributed by atoms with E-state index in [9.17, 15) is 4.79 Å². The quantitative estimate of drug-likeness (QED) is 0.574. The van der Waals surface area contributed by atoms with Gasteiger partial charge in [0.05, 0.1) is 20.8 Å². The number of esters is 1. The van der Waals surface area contributed by atoms with Crippen molar-refractivity contribution in [2.75, 3.05) is 20.8 Å². The second-order valence-corrected chi connectivity index (χ2v) is 5.05.